The monoisotopic (exact) mass is 561 g/mol. The lowest BCUT2D eigenvalue weighted by Crippen LogP contribution is -2.63. The number of carbonyl (C=O) groups is 4. The zero-order valence-corrected chi connectivity index (χ0v) is 23.3. The highest BCUT2D eigenvalue weighted by Gasteiger charge is 2.67. The van der Waals surface area contributed by atoms with Crippen molar-refractivity contribution in [2.45, 2.75) is 45.6 Å². The fourth-order valence-electron chi connectivity index (χ4n) is 7.12. The van der Waals surface area contributed by atoms with Gasteiger partial charge in [0.05, 0.1) is 11.1 Å². The Morgan fingerprint density at radius 1 is 0.976 bits per heavy atom. The van der Waals surface area contributed by atoms with Gasteiger partial charge in [-0.15, -0.1) is 0 Å². The van der Waals surface area contributed by atoms with Crippen LogP contribution in [-0.4, -0.2) is 68.5 Å². The van der Waals surface area contributed by atoms with Gasteiger partial charge in [0.25, 0.3) is 0 Å². The van der Waals surface area contributed by atoms with Gasteiger partial charge in [0.15, 0.2) is 17.2 Å². The number of hydrogen-bond donors (Lipinski definition) is 5. The molecular formula is C31H31NO9. The van der Waals surface area contributed by atoms with Gasteiger partial charge in [0, 0.05) is 48.2 Å². The van der Waals surface area contributed by atoms with Crippen molar-refractivity contribution in [2.75, 3.05) is 19.0 Å². The molecule has 10 nitrogen and oxygen atoms in total. The smallest absolute Gasteiger partial charge is 0.335 e. The normalized spacial score (nSPS) is 27.3. The number of phenols is 1. The number of Topliss-reactive ketones (excluding diaryl/α,β-unsaturated/α-hetero) is 3. The van der Waals surface area contributed by atoms with E-state index in [-0.39, 0.29) is 41.5 Å². The largest absolute Gasteiger partial charge is 0.511 e. The number of hydrogen-bond acceptors (Lipinski definition) is 9. The van der Waals surface area contributed by atoms with Crippen LogP contribution < -0.4 is 4.90 Å². The van der Waals surface area contributed by atoms with E-state index in [4.69, 9.17) is 0 Å². The molecule has 0 aliphatic heterocycles. The number of fused-ring (bicyclic) bond motifs is 3. The fourth-order valence-corrected chi connectivity index (χ4v) is 7.12. The van der Waals surface area contributed by atoms with Gasteiger partial charge in [-0.1, -0.05) is 26.0 Å². The topological polar surface area (TPSA) is 173 Å². The Morgan fingerprint density at radius 2 is 1.59 bits per heavy atom. The molecule has 10 heteroatoms. The first-order valence-corrected chi connectivity index (χ1v) is 13.1. The summed E-state index contributed by atoms with van der Waals surface area (Å²) in [5, 5.41) is 54.8. The highest BCUT2D eigenvalue weighted by Crippen LogP contribution is 2.63. The summed E-state index contributed by atoms with van der Waals surface area (Å²) in [5.74, 6) is -5.59. The van der Waals surface area contributed by atoms with Crippen LogP contribution in [0.2, 0.25) is 0 Å². The van der Waals surface area contributed by atoms with Gasteiger partial charge in [-0.05, 0) is 49.1 Å². The summed E-state index contributed by atoms with van der Waals surface area (Å²) in [5.41, 5.74) is -4.30. The van der Waals surface area contributed by atoms with Crippen LogP contribution in [0.1, 0.15) is 59.9 Å². The number of aliphatic hydroxyl groups excluding tert-OH is 2. The van der Waals surface area contributed by atoms with E-state index in [2.05, 4.69) is 0 Å². The molecule has 3 atom stereocenters. The van der Waals surface area contributed by atoms with Crippen molar-refractivity contribution in [2.24, 2.45) is 10.8 Å². The zero-order valence-electron chi connectivity index (χ0n) is 23.3. The Kier molecular flexibility index (Phi) is 6.02. The Bertz CT molecular complexity index is 1650. The van der Waals surface area contributed by atoms with Crippen molar-refractivity contribution in [3.63, 3.8) is 0 Å². The van der Waals surface area contributed by atoms with Crippen LogP contribution in [0.4, 0.5) is 5.69 Å². The molecule has 3 aliphatic rings. The maximum atomic E-state index is 14.3. The number of ketones is 3. The number of carboxylic acid groups (broad SMARTS) is 1. The first-order chi connectivity index (χ1) is 19.0. The summed E-state index contributed by atoms with van der Waals surface area (Å²) in [7, 11) is 3.54. The highest BCUT2D eigenvalue weighted by atomic mass is 16.4. The number of aliphatic hydroxyl groups is 3. The minimum absolute atomic E-state index is 0.00803. The van der Waals surface area contributed by atoms with Gasteiger partial charge in [0.1, 0.15) is 22.8 Å². The lowest BCUT2D eigenvalue weighted by Gasteiger charge is -2.56. The summed E-state index contributed by atoms with van der Waals surface area (Å²) in [6, 6.07) is 7.47. The van der Waals surface area contributed by atoms with E-state index < -0.39 is 62.6 Å². The van der Waals surface area contributed by atoms with Crippen LogP contribution in [0.15, 0.2) is 53.0 Å². The third kappa shape index (κ3) is 3.66. The summed E-state index contributed by atoms with van der Waals surface area (Å²) in [4.78, 5) is 53.1. The van der Waals surface area contributed by atoms with Crippen molar-refractivity contribution in [1.82, 2.24) is 0 Å². The molecule has 0 radical (unpaired) electrons. The second kappa shape index (κ2) is 8.78. The molecule has 0 heterocycles. The summed E-state index contributed by atoms with van der Waals surface area (Å²) in [6.07, 6.45) is -0.111. The Balaban J connectivity index is 1.77. The molecule has 41 heavy (non-hydrogen) atoms. The molecule has 0 bridgehead atoms. The molecule has 214 valence electrons. The lowest BCUT2D eigenvalue weighted by molar-refractivity contribution is -0.158. The van der Waals surface area contributed by atoms with Gasteiger partial charge in [-0.2, -0.15) is 0 Å². The van der Waals surface area contributed by atoms with E-state index in [9.17, 15) is 44.7 Å². The molecule has 0 fully saturated rings. The van der Waals surface area contributed by atoms with Crippen LogP contribution in [-0.2, 0) is 16.0 Å². The molecule has 0 unspecified atom stereocenters. The molecule has 0 saturated heterocycles. The second-order valence-corrected chi connectivity index (χ2v) is 12.0. The maximum absolute atomic E-state index is 14.3. The van der Waals surface area contributed by atoms with Gasteiger partial charge in [-0.3, -0.25) is 14.4 Å². The molecule has 2 aromatic rings. The fraction of sp³-hybridized carbons (Fsp3) is 0.355. The van der Waals surface area contributed by atoms with E-state index in [1.807, 2.05) is 0 Å². The number of carbonyl (C=O) groups excluding carboxylic acids is 3. The van der Waals surface area contributed by atoms with Crippen molar-refractivity contribution >= 4 is 29.0 Å². The molecule has 0 amide bonds. The van der Waals surface area contributed by atoms with Gasteiger partial charge < -0.3 is 30.4 Å². The number of aromatic hydroxyl groups is 1. The molecule has 5 N–H and O–H groups in total. The maximum Gasteiger partial charge on any atom is 0.335 e. The van der Waals surface area contributed by atoms with E-state index in [0.717, 1.165) is 6.92 Å². The molecular weight excluding hydrogens is 530 g/mol. The van der Waals surface area contributed by atoms with Gasteiger partial charge in [-0.25, -0.2) is 4.79 Å². The van der Waals surface area contributed by atoms with Crippen LogP contribution >= 0.6 is 0 Å². The summed E-state index contributed by atoms with van der Waals surface area (Å²) < 4.78 is 0. The minimum Gasteiger partial charge on any atom is -0.511 e. The second-order valence-electron chi connectivity index (χ2n) is 12.0. The standard InChI is InChI=1S/C31H31NO9/c1-14(33)21-20(34)12-30(3)13-29(2)11-18-19(32(4)5)10-17(15-6-8-16(9-7-15)28(39)40)24(35)22(18)25(36)23(29)27(38)31(30,41)26(21)37/h6-10,34-35,38,41H,11-13H2,1-5H3,(H,39,40)/t29-,30+,31+/m1/s1. The number of rotatable bonds is 4. The lowest BCUT2D eigenvalue weighted by atomic mass is 9.48. The number of allylic oxidation sites excluding steroid dienone is 2. The zero-order chi connectivity index (χ0) is 30.4. The quantitative estimate of drug-likeness (QED) is 0.345. The average Bonchev–Trinajstić information content (AvgIpc) is 2.85. The van der Waals surface area contributed by atoms with Crippen molar-refractivity contribution in [1.29, 1.82) is 0 Å². The predicted molar refractivity (Wildman–Crippen MR) is 148 cm³/mol. The van der Waals surface area contributed by atoms with Gasteiger partial charge in [0.2, 0.25) is 5.78 Å². The highest BCUT2D eigenvalue weighted by molar-refractivity contribution is 6.25. The van der Waals surface area contributed by atoms with Gasteiger partial charge >= 0.3 is 5.97 Å². The Hall–Kier alpha value is -4.44. The van der Waals surface area contributed by atoms with Crippen molar-refractivity contribution in [3.8, 4) is 16.9 Å². The van der Waals surface area contributed by atoms with Crippen LogP contribution in [0.25, 0.3) is 11.1 Å². The minimum atomic E-state index is -2.65. The molecule has 5 rings (SSSR count). The number of anilines is 1. The summed E-state index contributed by atoms with van der Waals surface area (Å²) in [6.45, 7) is 4.33. The molecule has 2 aromatic carbocycles. The molecule has 0 spiro atoms. The van der Waals surface area contributed by atoms with Crippen LogP contribution in [0.3, 0.4) is 0 Å². The number of carboxylic acids is 1. The first kappa shape index (κ1) is 28.1. The number of phenolic OH excluding ortho intramolecular Hbond substituents is 1. The molecule has 3 aliphatic carbocycles. The number of benzene rings is 2. The van der Waals surface area contributed by atoms with E-state index in [0.29, 0.717) is 16.8 Å². The SMILES string of the molecule is CC(=O)C1=C(O)C[C@@]2(C)C[C@@]3(C)Cc4c(N(C)C)cc(-c5ccc(C(=O)O)cc5)c(O)c4C(=O)C3=C(O)[C@@]2(O)C1=O. The van der Waals surface area contributed by atoms with E-state index in [1.54, 1.807) is 32.0 Å². The number of nitrogens with zero attached hydrogens (tertiary/aromatic N) is 1. The molecule has 0 saturated carbocycles. The Labute approximate surface area is 235 Å². The predicted octanol–water partition coefficient (Wildman–Crippen LogP) is 3.90. The van der Waals surface area contributed by atoms with Crippen LogP contribution in [0, 0.1) is 10.8 Å². The summed E-state index contributed by atoms with van der Waals surface area (Å²) >= 11 is 0. The third-order valence-electron chi connectivity index (χ3n) is 8.92. The van der Waals surface area contributed by atoms with Crippen LogP contribution in [0.5, 0.6) is 5.75 Å². The molecule has 0 aromatic heterocycles. The number of aromatic carboxylic acids is 1. The van der Waals surface area contributed by atoms with Crippen molar-refractivity contribution in [3.05, 3.63) is 69.7 Å². The average molecular weight is 562 g/mol. The van der Waals surface area contributed by atoms with E-state index in [1.165, 1.54) is 31.2 Å². The third-order valence-corrected chi connectivity index (χ3v) is 8.92. The van der Waals surface area contributed by atoms with E-state index >= 15 is 0 Å². The van der Waals surface area contributed by atoms with Crippen molar-refractivity contribution < 1.29 is 44.7 Å². The first-order valence-electron chi connectivity index (χ1n) is 13.1. The Morgan fingerprint density at radius 3 is 2.12 bits per heavy atom.